The molecule has 0 saturated heterocycles. The van der Waals surface area contributed by atoms with E-state index in [4.69, 9.17) is 50.8 Å². The van der Waals surface area contributed by atoms with Crippen molar-refractivity contribution in [3.63, 3.8) is 0 Å². The number of aromatic nitrogens is 2. The SMILES string of the molecule is O=C(Nc1nnc(-c2cc(Cl)cc(Cl)c2)o1)c1cc(Cl)ccc1Cl. The molecule has 0 radical (unpaired) electrons. The van der Waals surface area contributed by atoms with Gasteiger partial charge >= 0.3 is 6.01 Å². The van der Waals surface area contributed by atoms with E-state index in [-0.39, 0.29) is 22.5 Å². The Morgan fingerprint density at radius 2 is 1.62 bits per heavy atom. The molecule has 122 valence electrons. The number of halogens is 4. The third-order valence-corrected chi connectivity index (χ3v) is 3.93. The van der Waals surface area contributed by atoms with Crippen LogP contribution in [-0.2, 0) is 0 Å². The zero-order chi connectivity index (χ0) is 17.3. The molecule has 2 aromatic carbocycles. The maximum absolute atomic E-state index is 12.2. The number of hydrogen-bond acceptors (Lipinski definition) is 4. The Bertz CT molecular complexity index is 907. The lowest BCUT2D eigenvalue weighted by Gasteiger charge is -2.03. The highest BCUT2D eigenvalue weighted by molar-refractivity contribution is 6.36. The highest BCUT2D eigenvalue weighted by Gasteiger charge is 2.16. The first-order valence-electron chi connectivity index (χ1n) is 6.49. The molecule has 0 atom stereocenters. The monoisotopic (exact) mass is 401 g/mol. The molecule has 1 amide bonds. The molecule has 0 spiro atoms. The van der Waals surface area contributed by atoms with Crippen LogP contribution in [0.15, 0.2) is 40.8 Å². The lowest BCUT2D eigenvalue weighted by molar-refractivity contribution is 0.102. The number of nitrogens with one attached hydrogen (secondary N) is 1. The van der Waals surface area contributed by atoms with E-state index in [0.29, 0.717) is 20.6 Å². The van der Waals surface area contributed by atoms with Gasteiger partial charge in [0, 0.05) is 20.6 Å². The van der Waals surface area contributed by atoms with Crippen molar-refractivity contribution in [2.75, 3.05) is 5.32 Å². The molecular weight excluding hydrogens is 396 g/mol. The van der Waals surface area contributed by atoms with Crippen LogP contribution < -0.4 is 5.32 Å². The molecule has 0 fully saturated rings. The largest absolute Gasteiger partial charge is 0.403 e. The van der Waals surface area contributed by atoms with Crippen LogP contribution in [-0.4, -0.2) is 16.1 Å². The predicted octanol–water partition coefficient (Wildman–Crippen LogP) is 5.60. The molecular formula is C15H7Cl4N3O2. The molecule has 5 nitrogen and oxygen atoms in total. The van der Waals surface area contributed by atoms with Crippen molar-refractivity contribution in [3.05, 3.63) is 62.1 Å². The average Bonchev–Trinajstić information content (AvgIpc) is 2.97. The fourth-order valence-electron chi connectivity index (χ4n) is 1.90. The molecule has 0 unspecified atom stereocenters. The average molecular weight is 403 g/mol. The topological polar surface area (TPSA) is 68.0 Å². The summed E-state index contributed by atoms with van der Waals surface area (Å²) in [7, 11) is 0. The van der Waals surface area contributed by atoms with Gasteiger partial charge in [-0.05, 0) is 36.4 Å². The van der Waals surface area contributed by atoms with Crippen LogP contribution in [0.3, 0.4) is 0 Å². The second-order valence-electron chi connectivity index (χ2n) is 4.65. The number of rotatable bonds is 3. The summed E-state index contributed by atoms with van der Waals surface area (Å²) in [4.78, 5) is 12.2. The number of carbonyl (C=O) groups excluding carboxylic acids is 1. The Morgan fingerprint density at radius 1 is 0.917 bits per heavy atom. The molecule has 1 aromatic heterocycles. The van der Waals surface area contributed by atoms with Crippen LogP contribution in [0, 0.1) is 0 Å². The Kier molecular flexibility index (Phi) is 4.96. The minimum Gasteiger partial charge on any atom is -0.403 e. The van der Waals surface area contributed by atoms with Crippen molar-refractivity contribution in [1.82, 2.24) is 10.2 Å². The van der Waals surface area contributed by atoms with Crippen molar-refractivity contribution in [1.29, 1.82) is 0 Å². The van der Waals surface area contributed by atoms with Gasteiger partial charge in [0.15, 0.2) is 0 Å². The van der Waals surface area contributed by atoms with E-state index in [1.54, 1.807) is 24.3 Å². The maximum Gasteiger partial charge on any atom is 0.322 e. The number of anilines is 1. The Morgan fingerprint density at radius 3 is 2.33 bits per heavy atom. The first-order valence-corrected chi connectivity index (χ1v) is 8.00. The van der Waals surface area contributed by atoms with Gasteiger partial charge in [0.2, 0.25) is 5.89 Å². The van der Waals surface area contributed by atoms with Gasteiger partial charge in [-0.3, -0.25) is 10.1 Å². The molecule has 1 N–H and O–H groups in total. The third-order valence-electron chi connectivity index (χ3n) is 2.93. The van der Waals surface area contributed by atoms with Crippen LogP contribution in [0.4, 0.5) is 6.01 Å². The van der Waals surface area contributed by atoms with Crippen LogP contribution in [0.1, 0.15) is 10.4 Å². The van der Waals surface area contributed by atoms with Crippen molar-refractivity contribution in [2.45, 2.75) is 0 Å². The van der Waals surface area contributed by atoms with E-state index in [1.165, 1.54) is 12.1 Å². The molecule has 3 aromatic rings. The lowest BCUT2D eigenvalue weighted by Crippen LogP contribution is -2.12. The minimum absolute atomic E-state index is 0.0952. The molecule has 0 aliphatic heterocycles. The van der Waals surface area contributed by atoms with Crippen LogP contribution in [0.2, 0.25) is 20.1 Å². The van der Waals surface area contributed by atoms with E-state index < -0.39 is 5.91 Å². The zero-order valence-electron chi connectivity index (χ0n) is 11.7. The number of nitrogens with zero attached hydrogens (tertiary/aromatic N) is 2. The molecule has 0 saturated carbocycles. The van der Waals surface area contributed by atoms with Crippen molar-refractivity contribution < 1.29 is 9.21 Å². The van der Waals surface area contributed by atoms with Crippen LogP contribution in [0.25, 0.3) is 11.5 Å². The number of amides is 1. The quantitative estimate of drug-likeness (QED) is 0.618. The summed E-state index contributed by atoms with van der Waals surface area (Å²) in [5, 5.41) is 11.5. The van der Waals surface area contributed by atoms with E-state index in [0.717, 1.165) is 0 Å². The molecule has 9 heteroatoms. The Labute approximate surface area is 156 Å². The zero-order valence-corrected chi connectivity index (χ0v) is 14.7. The molecule has 0 aliphatic rings. The van der Waals surface area contributed by atoms with Crippen LogP contribution >= 0.6 is 46.4 Å². The summed E-state index contributed by atoms with van der Waals surface area (Å²) in [6.07, 6.45) is 0. The van der Waals surface area contributed by atoms with Gasteiger partial charge in [-0.2, -0.15) is 0 Å². The van der Waals surface area contributed by atoms with E-state index >= 15 is 0 Å². The van der Waals surface area contributed by atoms with Gasteiger partial charge in [-0.15, -0.1) is 5.10 Å². The molecule has 0 aliphatic carbocycles. The minimum atomic E-state index is -0.526. The summed E-state index contributed by atoms with van der Waals surface area (Å²) >= 11 is 23.7. The standard InChI is InChI=1S/C15H7Cl4N3O2/c16-8-1-2-12(19)11(6-8)13(23)20-15-22-21-14(24-15)7-3-9(17)5-10(18)4-7/h1-6H,(H,20,22,23). The smallest absolute Gasteiger partial charge is 0.322 e. The van der Waals surface area contributed by atoms with Crippen molar-refractivity contribution >= 4 is 58.3 Å². The summed E-state index contributed by atoms with van der Waals surface area (Å²) in [6, 6.07) is 9.24. The lowest BCUT2D eigenvalue weighted by atomic mass is 10.2. The second-order valence-corrected chi connectivity index (χ2v) is 6.37. The highest BCUT2D eigenvalue weighted by atomic mass is 35.5. The first-order chi connectivity index (χ1) is 11.4. The van der Waals surface area contributed by atoms with E-state index in [1.807, 2.05) is 0 Å². The van der Waals surface area contributed by atoms with Crippen molar-refractivity contribution in [2.24, 2.45) is 0 Å². The number of benzene rings is 2. The van der Waals surface area contributed by atoms with Gasteiger partial charge in [0.1, 0.15) is 0 Å². The van der Waals surface area contributed by atoms with Crippen LogP contribution in [0.5, 0.6) is 0 Å². The fourth-order valence-corrected chi connectivity index (χ4v) is 2.81. The molecule has 24 heavy (non-hydrogen) atoms. The van der Waals surface area contributed by atoms with Crippen molar-refractivity contribution in [3.8, 4) is 11.5 Å². The summed E-state index contributed by atoms with van der Waals surface area (Å²) < 4.78 is 5.39. The number of hydrogen-bond donors (Lipinski definition) is 1. The second kappa shape index (κ2) is 6.99. The first kappa shape index (κ1) is 17.0. The third kappa shape index (κ3) is 3.82. The predicted molar refractivity (Wildman–Crippen MR) is 94.2 cm³/mol. The summed E-state index contributed by atoms with van der Waals surface area (Å²) in [6.45, 7) is 0. The molecule has 0 bridgehead atoms. The fraction of sp³-hybridized carbons (Fsp3) is 0. The Balaban J connectivity index is 1.83. The van der Waals surface area contributed by atoms with Gasteiger partial charge < -0.3 is 4.42 Å². The van der Waals surface area contributed by atoms with E-state index in [2.05, 4.69) is 15.5 Å². The van der Waals surface area contributed by atoms with Gasteiger partial charge in [0.05, 0.1) is 10.6 Å². The summed E-state index contributed by atoms with van der Waals surface area (Å²) in [5.41, 5.74) is 0.719. The maximum atomic E-state index is 12.2. The van der Waals surface area contributed by atoms with Gasteiger partial charge in [-0.25, -0.2) is 0 Å². The van der Waals surface area contributed by atoms with E-state index in [9.17, 15) is 4.79 Å². The molecule has 3 rings (SSSR count). The summed E-state index contributed by atoms with van der Waals surface area (Å²) in [5.74, 6) is -0.367. The van der Waals surface area contributed by atoms with Gasteiger partial charge in [-0.1, -0.05) is 51.5 Å². The highest BCUT2D eigenvalue weighted by Crippen LogP contribution is 2.27. The normalized spacial score (nSPS) is 10.7. The Hall–Kier alpha value is -1.79. The van der Waals surface area contributed by atoms with Gasteiger partial charge in [0.25, 0.3) is 5.91 Å². The molecule has 1 heterocycles. The number of carbonyl (C=O) groups is 1.